The van der Waals surface area contributed by atoms with Gasteiger partial charge in [-0.15, -0.1) is 0 Å². The Morgan fingerprint density at radius 1 is 1.47 bits per heavy atom. The first-order chi connectivity index (χ1) is 7.28. The summed E-state index contributed by atoms with van der Waals surface area (Å²) < 4.78 is 5.41. The number of rotatable bonds is 4. The second kappa shape index (κ2) is 3.86. The van der Waals surface area contributed by atoms with Gasteiger partial charge < -0.3 is 10.5 Å². The van der Waals surface area contributed by atoms with Crippen LogP contribution in [0.15, 0.2) is 24.3 Å². The molecule has 0 heterocycles. The third kappa shape index (κ3) is 1.53. The SMILES string of the molecule is CCC1CC1(CN)c1ccccc1OC. The molecular formula is C13H19NO. The molecule has 1 saturated carbocycles. The van der Waals surface area contributed by atoms with Crippen molar-refractivity contribution in [3.63, 3.8) is 0 Å². The predicted molar refractivity (Wildman–Crippen MR) is 62.1 cm³/mol. The van der Waals surface area contributed by atoms with Crippen LogP contribution < -0.4 is 10.5 Å². The quantitative estimate of drug-likeness (QED) is 0.818. The zero-order valence-corrected chi connectivity index (χ0v) is 9.49. The van der Waals surface area contributed by atoms with Crippen molar-refractivity contribution in [1.29, 1.82) is 0 Å². The van der Waals surface area contributed by atoms with Gasteiger partial charge in [-0.2, -0.15) is 0 Å². The maximum absolute atomic E-state index is 5.93. The van der Waals surface area contributed by atoms with Gasteiger partial charge in [0.15, 0.2) is 0 Å². The molecule has 1 aromatic rings. The molecule has 2 N–H and O–H groups in total. The van der Waals surface area contributed by atoms with E-state index in [-0.39, 0.29) is 5.41 Å². The summed E-state index contributed by atoms with van der Waals surface area (Å²) in [6.07, 6.45) is 2.41. The van der Waals surface area contributed by atoms with Crippen molar-refractivity contribution in [2.24, 2.45) is 11.7 Å². The van der Waals surface area contributed by atoms with Crippen molar-refractivity contribution >= 4 is 0 Å². The van der Waals surface area contributed by atoms with Gasteiger partial charge in [-0.05, 0) is 18.4 Å². The van der Waals surface area contributed by atoms with Crippen molar-refractivity contribution < 1.29 is 4.74 Å². The molecule has 1 aromatic carbocycles. The van der Waals surface area contributed by atoms with E-state index in [1.165, 1.54) is 18.4 Å². The summed E-state index contributed by atoms with van der Waals surface area (Å²) in [7, 11) is 1.73. The van der Waals surface area contributed by atoms with E-state index >= 15 is 0 Å². The fraction of sp³-hybridized carbons (Fsp3) is 0.538. The third-order valence-electron chi connectivity index (χ3n) is 3.73. The molecule has 2 unspecified atom stereocenters. The molecule has 2 heteroatoms. The average Bonchev–Trinajstić information content (AvgIpc) is 3.04. The van der Waals surface area contributed by atoms with Crippen LogP contribution in [0.3, 0.4) is 0 Å². The van der Waals surface area contributed by atoms with Crippen LogP contribution in [0.2, 0.25) is 0 Å². The predicted octanol–water partition coefficient (Wildman–Crippen LogP) is 2.32. The van der Waals surface area contributed by atoms with Gasteiger partial charge in [0.1, 0.15) is 5.75 Å². The van der Waals surface area contributed by atoms with E-state index in [2.05, 4.69) is 19.1 Å². The molecule has 2 nitrogen and oxygen atoms in total. The second-order valence-corrected chi connectivity index (χ2v) is 4.37. The van der Waals surface area contributed by atoms with Crippen LogP contribution in [0.4, 0.5) is 0 Å². The number of ether oxygens (including phenoxy) is 1. The topological polar surface area (TPSA) is 35.2 Å². The fourth-order valence-corrected chi connectivity index (χ4v) is 2.66. The Morgan fingerprint density at radius 2 is 2.20 bits per heavy atom. The van der Waals surface area contributed by atoms with E-state index < -0.39 is 0 Å². The van der Waals surface area contributed by atoms with E-state index in [9.17, 15) is 0 Å². The molecule has 0 aliphatic heterocycles. The Hall–Kier alpha value is -1.02. The number of methoxy groups -OCH3 is 1. The van der Waals surface area contributed by atoms with Crippen LogP contribution in [-0.4, -0.2) is 13.7 Å². The van der Waals surface area contributed by atoms with Crippen LogP contribution in [0, 0.1) is 5.92 Å². The van der Waals surface area contributed by atoms with E-state index in [1.807, 2.05) is 12.1 Å². The number of para-hydroxylation sites is 1. The highest BCUT2D eigenvalue weighted by molar-refractivity contribution is 5.44. The van der Waals surface area contributed by atoms with Gasteiger partial charge in [-0.1, -0.05) is 31.5 Å². The van der Waals surface area contributed by atoms with Gasteiger partial charge in [0.25, 0.3) is 0 Å². The summed E-state index contributed by atoms with van der Waals surface area (Å²) in [5, 5.41) is 0. The minimum atomic E-state index is 0.196. The number of hydrogen-bond donors (Lipinski definition) is 1. The monoisotopic (exact) mass is 205 g/mol. The molecule has 1 aliphatic rings. The maximum Gasteiger partial charge on any atom is 0.122 e. The van der Waals surface area contributed by atoms with Crippen molar-refractivity contribution in [3.8, 4) is 5.75 Å². The summed E-state index contributed by atoms with van der Waals surface area (Å²) >= 11 is 0. The molecule has 0 spiro atoms. The molecule has 1 fully saturated rings. The van der Waals surface area contributed by atoms with Gasteiger partial charge in [0.05, 0.1) is 7.11 Å². The molecule has 0 bridgehead atoms. The van der Waals surface area contributed by atoms with Crippen molar-refractivity contribution in [1.82, 2.24) is 0 Å². The Balaban J connectivity index is 2.36. The Bertz CT molecular complexity index is 350. The molecule has 0 aromatic heterocycles. The lowest BCUT2D eigenvalue weighted by Gasteiger charge is -2.18. The lowest BCUT2D eigenvalue weighted by atomic mass is 9.91. The number of nitrogens with two attached hydrogens (primary N) is 1. The van der Waals surface area contributed by atoms with Crippen LogP contribution in [-0.2, 0) is 5.41 Å². The lowest BCUT2D eigenvalue weighted by molar-refractivity contribution is 0.401. The molecular weight excluding hydrogens is 186 g/mol. The van der Waals surface area contributed by atoms with E-state index in [4.69, 9.17) is 10.5 Å². The molecule has 2 rings (SSSR count). The highest BCUT2D eigenvalue weighted by Crippen LogP contribution is 2.57. The van der Waals surface area contributed by atoms with Gasteiger partial charge >= 0.3 is 0 Å². The van der Waals surface area contributed by atoms with Gasteiger partial charge in [-0.25, -0.2) is 0 Å². The second-order valence-electron chi connectivity index (χ2n) is 4.37. The molecule has 0 saturated heterocycles. The minimum absolute atomic E-state index is 0.196. The average molecular weight is 205 g/mol. The summed E-state index contributed by atoms with van der Waals surface area (Å²) in [5.41, 5.74) is 7.42. The third-order valence-corrected chi connectivity index (χ3v) is 3.73. The van der Waals surface area contributed by atoms with E-state index in [0.29, 0.717) is 0 Å². The summed E-state index contributed by atoms with van der Waals surface area (Å²) in [5.74, 6) is 1.72. The lowest BCUT2D eigenvalue weighted by Crippen LogP contribution is -2.23. The van der Waals surface area contributed by atoms with Crippen molar-refractivity contribution in [2.45, 2.75) is 25.2 Å². The Morgan fingerprint density at radius 3 is 2.73 bits per heavy atom. The number of benzene rings is 1. The summed E-state index contributed by atoms with van der Waals surface area (Å²) in [6, 6.07) is 8.26. The van der Waals surface area contributed by atoms with Crippen LogP contribution in [0.25, 0.3) is 0 Å². The van der Waals surface area contributed by atoms with Gasteiger partial charge in [0.2, 0.25) is 0 Å². The summed E-state index contributed by atoms with van der Waals surface area (Å²) in [4.78, 5) is 0. The Labute approximate surface area is 91.4 Å². The van der Waals surface area contributed by atoms with Crippen molar-refractivity contribution in [2.75, 3.05) is 13.7 Å². The molecule has 0 radical (unpaired) electrons. The first-order valence-electron chi connectivity index (χ1n) is 5.62. The van der Waals surface area contributed by atoms with Crippen LogP contribution >= 0.6 is 0 Å². The minimum Gasteiger partial charge on any atom is -0.496 e. The highest BCUT2D eigenvalue weighted by atomic mass is 16.5. The molecule has 82 valence electrons. The maximum atomic E-state index is 5.93. The zero-order chi connectivity index (χ0) is 10.9. The van der Waals surface area contributed by atoms with Crippen LogP contribution in [0.5, 0.6) is 5.75 Å². The molecule has 1 aliphatic carbocycles. The fourth-order valence-electron chi connectivity index (χ4n) is 2.66. The van der Waals surface area contributed by atoms with Gasteiger partial charge in [0, 0.05) is 17.5 Å². The highest BCUT2D eigenvalue weighted by Gasteiger charge is 2.54. The first-order valence-corrected chi connectivity index (χ1v) is 5.62. The molecule has 2 atom stereocenters. The van der Waals surface area contributed by atoms with E-state index in [0.717, 1.165) is 18.2 Å². The normalized spacial score (nSPS) is 28.9. The smallest absolute Gasteiger partial charge is 0.122 e. The largest absolute Gasteiger partial charge is 0.496 e. The molecule has 0 amide bonds. The first kappa shape index (κ1) is 10.5. The number of hydrogen-bond acceptors (Lipinski definition) is 2. The molecule has 15 heavy (non-hydrogen) atoms. The van der Waals surface area contributed by atoms with Gasteiger partial charge in [-0.3, -0.25) is 0 Å². The van der Waals surface area contributed by atoms with E-state index in [1.54, 1.807) is 7.11 Å². The Kier molecular flexibility index (Phi) is 2.70. The van der Waals surface area contributed by atoms with Crippen LogP contribution in [0.1, 0.15) is 25.3 Å². The summed E-state index contributed by atoms with van der Waals surface area (Å²) in [6.45, 7) is 2.96. The van der Waals surface area contributed by atoms with Crippen molar-refractivity contribution in [3.05, 3.63) is 29.8 Å². The zero-order valence-electron chi connectivity index (χ0n) is 9.49. The standard InChI is InChI=1S/C13H19NO/c1-3-10-8-13(10,9-14)11-6-4-5-7-12(11)15-2/h4-7,10H,3,8-9,14H2,1-2H3.